The van der Waals surface area contributed by atoms with Gasteiger partial charge in [-0.1, -0.05) is 17.7 Å². The van der Waals surface area contributed by atoms with Crippen LogP contribution < -0.4 is 10.6 Å². The Morgan fingerprint density at radius 3 is 2.90 bits per heavy atom. The largest absolute Gasteiger partial charge is 0.420 e. The standard InChI is InChI=1S/C21H23ClFN3O4S/c1-26-8-6-13-2-3-14(10-15(13)16(23)11-26)24-20(28)30-21(7-9-29-12-21)25-19(27)17-4-5-18(22)31-17/h2-5,10,16H,6-9,11-12H2,1H3,(H,24,28)(H,25,27). The van der Waals surface area contributed by atoms with Gasteiger partial charge in [0.1, 0.15) is 12.8 Å². The maximum absolute atomic E-state index is 14.6. The van der Waals surface area contributed by atoms with Gasteiger partial charge in [-0.2, -0.15) is 0 Å². The zero-order chi connectivity index (χ0) is 22.0. The molecule has 2 aromatic rings. The van der Waals surface area contributed by atoms with Gasteiger partial charge in [-0.25, -0.2) is 9.18 Å². The van der Waals surface area contributed by atoms with E-state index in [2.05, 4.69) is 10.6 Å². The predicted octanol–water partition coefficient (Wildman–Crippen LogP) is 4.00. The van der Waals surface area contributed by atoms with Crippen molar-refractivity contribution in [1.29, 1.82) is 0 Å². The fraction of sp³-hybridized carbons (Fsp3) is 0.429. The van der Waals surface area contributed by atoms with E-state index in [1.807, 2.05) is 18.0 Å². The molecule has 166 valence electrons. The van der Waals surface area contributed by atoms with E-state index >= 15 is 0 Å². The highest BCUT2D eigenvalue weighted by molar-refractivity contribution is 7.18. The highest BCUT2D eigenvalue weighted by Gasteiger charge is 2.41. The Bertz CT molecular complexity index is 979. The van der Waals surface area contributed by atoms with E-state index < -0.39 is 23.9 Å². The second kappa shape index (κ2) is 9.12. The smallest absolute Gasteiger partial charge is 0.413 e. The maximum Gasteiger partial charge on any atom is 0.413 e. The lowest BCUT2D eigenvalue weighted by molar-refractivity contribution is -0.0113. The lowest BCUT2D eigenvalue weighted by atomic mass is 10.0. The first kappa shape index (κ1) is 22.0. The van der Waals surface area contributed by atoms with Gasteiger partial charge in [0.15, 0.2) is 0 Å². The van der Waals surface area contributed by atoms with Gasteiger partial charge in [0.2, 0.25) is 5.72 Å². The quantitative estimate of drug-likeness (QED) is 0.664. The molecule has 2 atom stereocenters. The number of fused-ring (bicyclic) bond motifs is 1. The third-order valence-electron chi connectivity index (χ3n) is 5.38. The van der Waals surface area contributed by atoms with Gasteiger partial charge < -0.3 is 19.7 Å². The molecule has 2 unspecified atom stereocenters. The summed E-state index contributed by atoms with van der Waals surface area (Å²) in [6.45, 7) is 1.46. The molecule has 2 amide bonds. The fourth-order valence-corrected chi connectivity index (χ4v) is 4.68. The summed E-state index contributed by atoms with van der Waals surface area (Å²) in [5, 5.41) is 5.39. The number of hydrogen-bond donors (Lipinski definition) is 2. The lowest BCUT2D eigenvalue weighted by Gasteiger charge is -2.28. The van der Waals surface area contributed by atoms with Crippen LogP contribution in [0.2, 0.25) is 4.34 Å². The molecule has 0 spiro atoms. The Kier molecular flexibility index (Phi) is 6.47. The third kappa shape index (κ3) is 5.17. The van der Waals surface area contributed by atoms with Crippen molar-refractivity contribution in [2.75, 3.05) is 38.7 Å². The molecule has 31 heavy (non-hydrogen) atoms. The molecule has 3 heterocycles. The monoisotopic (exact) mass is 467 g/mol. The molecule has 2 aliphatic rings. The van der Waals surface area contributed by atoms with Crippen molar-refractivity contribution in [3.63, 3.8) is 0 Å². The van der Waals surface area contributed by atoms with Gasteiger partial charge >= 0.3 is 6.09 Å². The van der Waals surface area contributed by atoms with Crippen LogP contribution in [0.3, 0.4) is 0 Å². The second-order valence-electron chi connectivity index (χ2n) is 7.76. The number of ether oxygens (including phenoxy) is 2. The van der Waals surface area contributed by atoms with Crippen molar-refractivity contribution in [3.05, 3.63) is 50.7 Å². The summed E-state index contributed by atoms with van der Waals surface area (Å²) in [7, 11) is 1.89. The SMILES string of the molecule is CN1CCc2ccc(NC(=O)OC3(NC(=O)c4ccc(Cl)s4)CCOC3)cc2C(F)C1. The van der Waals surface area contributed by atoms with Crippen LogP contribution in [0.1, 0.15) is 33.4 Å². The van der Waals surface area contributed by atoms with Gasteiger partial charge in [-0.15, -0.1) is 11.3 Å². The van der Waals surface area contributed by atoms with Crippen molar-refractivity contribution < 1.29 is 23.5 Å². The molecule has 0 aliphatic carbocycles. The normalized spacial score (nSPS) is 23.6. The molecule has 7 nitrogen and oxygen atoms in total. The summed E-state index contributed by atoms with van der Waals surface area (Å²) in [6.07, 6.45) is -0.826. The summed E-state index contributed by atoms with van der Waals surface area (Å²) in [5.41, 5.74) is 0.651. The molecule has 0 bridgehead atoms. The Hall–Kier alpha value is -2.20. The summed E-state index contributed by atoms with van der Waals surface area (Å²) in [5.74, 6) is -0.398. The van der Waals surface area contributed by atoms with Gasteiger partial charge in [0.25, 0.3) is 5.91 Å². The van der Waals surface area contributed by atoms with Crippen LogP contribution >= 0.6 is 22.9 Å². The third-order valence-corrected chi connectivity index (χ3v) is 6.61. The number of anilines is 1. The van der Waals surface area contributed by atoms with E-state index in [4.69, 9.17) is 21.1 Å². The Morgan fingerprint density at radius 1 is 1.35 bits per heavy atom. The van der Waals surface area contributed by atoms with Crippen molar-refractivity contribution >= 4 is 40.6 Å². The molecular formula is C21H23ClFN3O4S. The van der Waals surface area contributed by atoms with E-state index in [1.165, 1.54) is 0 Å². The van der Waals surface area contributed by atoms with E-state index in [-0.39, 0.29) is 6.61 Å². The van der Waals surface area contributed by atoms with Crippen LogP contribution in [0.4, 0.5) is 14.9 Å². The van der Waals surface area contributed by atoms with Gasteiger partial charge in [-0.3, -0.25) is 10.1 Å². The zero-order valence-corrected chi connectivity index (χ0v) is 18.5. The number of alkyl halides is 1. The molecule has 0 saturated carbocycles. The molecule has 2 aliphatic heterocycles. The first-order valence-corrected chi connectivity index (χ1v) is 11.1. The van der Waals surface area contributed by atoms with Crippen LogP contribution in [0.15, 0.2) is 30.3 Å². The van der Waals surface area contributed by atoms with Crippen molar-refractivity contribution in [2.45, 2.75) is 24.7 Å². The van der Waals surface area contributed by atoms with Crippen molar-refractivity contribution in [1.82, 2.24) is 10.2 Å². The molecule has 1 fully saturated rings. The first-order valence-electron chi connectivity index (χ1n) is 9.95. The molecular weight excluding hydrogens is 445 g/mol. The minimum Gasteiger partial charge on any atom is -0.420 e. The summed E-state index contributed by atoms with van der Waals surface area (Å²) in [6, 6.07) is 8.42. The van der Waals surface area contributed by atoms with E-state index in [0.717, 1.165) is 29.9 Å². The fourth-order valence-electron chi connectivity index (χ4n) is 3.74. The van der Waals surface area contributed by atoms with E-state index in [0.29, 0.717) is 40.0 Å². The second-order valence-corrected chi connectivity index (χ2v) is 9.48. The molecule has 10 heteroatoms. The number of halogens is 2. The number of carbonyl (C=O) groups is 2. The van der Waals surface area contributed by atoms with E-state index in [1.54, 1.807) is 24.3 Å². The van der Waals surface area contributed by atoms with Crippen LogP contribution in [0.5, 0.6) is 0 Å². The number of rotatable bonds is 4. The maximum atomic E-state index is 14.6. The lowest BCUT2D eigenvalue weighted by Crippen LogP contribution is -2.52. The molecule has 0 radical (unpaired) electrons. The van der Waals surface area contributed by atoms with Gasteiger partial charge in [0, 0.05) is 25.2 Å². The van der Waals surface area contributed by atoms with Crippen LogP contribution in [-0.2, 0) is 15.9 Å². The minimum absolute atomic E-state index is 0.0361. The Balaban J connectivity index is 1.44. The molecule has 1 saturated heterocycles. The molecule has 1 aromatic carbocycles. The topological polar surface area (TPSA) is 79.9 Å². The van der Waals surface area contributed by atoms with Crippen LogP contribution in [0.25, 0.3) is 0 Å². The zero-order valence-electron chi connectivity index (χ0n) is 17.0. The van der Waals surface area contributed by atoms with Crippen LogP contribution in [-0.4, -0.2) is 56.0 Å². The average molecular weight is 468 g/mol. The molecule has 1 aromatic heterocycles. The van der Waals surface area contributed by atoms with Gasteiger partial charge in [0.05, 0.1) is 15.8 Å². The summed E-state index contributed by atoms with van der Waals surface area (Å²) >= 11 is 7.03. The number of carbonyl (C=O) groups excluding carboxylic acids is 2. The number of hydrogen-bond acceptors (Lipinski definition) is 6. The molecule has 4 rings (SSSR count). The summed E-state index contributed by atoms with van der Waals surface area (Å²) in [4.78, 5) is 27.5. The number of amides is 2. The Morgan fingerprint density at radius 2 is 2.19 bits per heavy atom. The van der Waals surface area contributed by atoms with Crippen LogP contribution in [0, 0.1) is 0 Å². The number of thiophene rings is 1. The molecule has 2 N–H and O–H groups in total. The summed E-state index contributed by atoms with van der Waals surface area (Å²) < 4.78 is 26.1. The van der Waals surface area contributed by atoms with Crippen molar-refractivity contribution in [2.24, 2.45) is 0 Å². The highest BCUT2D eigenvalue weighted by Crippen LogP contribution is 2.30. The highest BCUT2D eigenvalue weighted by atomic mass is 35.5. The first-order chi connectivity index (χ1) is 14.8. The minimum atomic E-state index is -1.28. The van der Waals surface area contributed by atoms with Gasteiger partial charge in [-0.05, 0) is 48.9 Å². The number of nitrogens with zero attached hydrogens (tertiary/aromatic N) is 1. The average Bonchev–Trinajstić information content (AvgIpc) is 3.32. The van der Waals surface area contributed by atoms with Crippen molar-refractivity contribution in [3.8, 4) is 0 Å². The predicted molar refractivity (Wildman–Crippen MR) is 117 cm³/mol. The van der Waals surface area contributed by atoms with E-state index in [9.17, 15) is 14.0 Å². The number of benzene rings is 1. The number of nitrogens with one attached hydrogen (secondary N) is 2. The number of likely N-dealkylation sites (N-methyl/N-ethyl adjacent to an activating group) is 1. The Labute approximate surface area is 188 Å².